The number of hydrogen-bond donors (Lipinski definition) is 1. The molecule has 0 spiro atoms. The van der Waals surface area contributed by atoms with Crippen LogP contribution in [0.4, 0.5) is 0 Å². The molecule has 0 bridgehead atoms. The molecule has 98 valence electrons. The van der Waals surface area contributed by atoms with Crippen molar-refractivity contribution in [2.45, 2.75) is 32.2 Å². The summed E-state index contributed by atoms with van der Waals surface area (Å²) in [6.07, 6.45) is 5.80. The predicted octanol–water partition coefficient (Wildman–Crippen LogP) is 3.89. The van der Waals surface area contributed by atoms with Crippen LogP contribution in [0.3, 0.4) is 0 Å². The van der Waals surface area contributed by atoms with Crippen LogP contribution in [-0.4, -0.2) is 19.7 Å². The van der Waals surface area contributed by atoms with E-state index in [-0.39, 0.29) is 0 Å². The normalized spacial score (nSPS) is 15.8. The van der Waals surface area contributed by atoms with E-state index in [2.05, 4.69) is 18.3 Å². The number of halogens is 1. The second-order valence-electron chi connectivity index (χ2n) is 4.67. The zero-order valence-corrected chi connectivity index (χ0v) is 11.8. The minimum absolute atomic E-state index is 0.730. The van der Waals surface area contributed by atoms with Crippen LogP contribution in [0.1, 0.15) is 31.7 Å². The first-order valence-electron chi connectivity index (χ1n) is 6.50. The first kappa shape index (κ1) is 13.4. The molecular weight excluding hydrogens is 246 g/mol. The van der Waals surface area contributed by atoms with Gasteiger partial charge in [0.15, 0.2) is 0 Å². The van der Waals surface area contributed by atoms with Gasteiger partial charge in [-0.2, -0.15) is 0 Å². The Kier molecular flexibility index (Phi) is 4.67. The Morgan fingerprint density at radius 1 is 1.50 bits per heavy atom. The fourth-order valence-electron chi connectivity index (χ4n) is 1.88. The van der Waals surface area contributed by atoms with E-state index in [0.29, 0.717) is 0 Å². The molecule has 2 rings (SSSR count). The van der Waals surface area contributed by atoms with Gasteiger partial charge in [0.1, 0.15) is 5.75 Å². The van der Waals surface area contributed by atoms with Gasteiger partial charge in [0, 0.05) is 18.2 Å². The quantitative estimate of drug-likeness (QED) is 0.842. The van der Waals surface area contributed by atoms with Gasteiger partial charge in [-0.25, -0.2) is 0 Å². The zero-order chi connectivity index (χ0) is 13.0. The van der Waals surface area contributed by atoms with Crippen molar-refractivity contribution in [2.75, 3.05) is 13.7 Å². The molecule has 1 N–H and O–H groups in total. The van der Waals surface area contributed by atoms with E-state index in [0.717, 1.165) is 35.3 Å². The summed E-state index contributed by atoms with van der Waals surface area (Å²) < 4.78 is 5.36. The average Bonchev–Trinajstić information content (AvgIpc) is 3.20. The maximum Gasteiger partial charge on any atom is 0.127 e. The smallest absolute Gasteiger partial charge is 0.127 e. The lowest BCUT2D eigenvalue weighted by Crippen LogP contribution is -2.18. The summed E-state index contributed by atoms with van der Waals surface area (Å²) in [7, 11) is 1.68. The molecule has 1 aliphatic carbocycles. The Bertz CT molecular complexity index is 438. The largest absolute Gasteiger partial charge is 0.496 e. The maximum absolute atomic E-state index is 6.24. The molecule has 1 fully saturated rings. The van der Waals surface area contributed by atoms with Crippen LogP contribution < -0.4 is 10.1 Å². The van der Waals surface area contributed by atoms with Crippen LogP contribution in [-0.2, 0) is 0 Å². The highest BCUT2D eigenvalue weighted by Crippen LogP contribution is 2.29. The molecule has 0 atom stereocenters. The Morgan fingerprint density at radius 3 is 2.89 bits per heavy atom. The highest BCUT2D eigenvalue weighted by atomic mass is 35.5. The molecule has 1 saturated carbocycles. The van der Waals surface area contributed by atoms with Crippen LogP contribution in [0.5, 0.6) is 5.75 Å². The summed E-state index contributed by atoms with van der Waals surface area (Å²) in [6, 6.07) is 6.48. The molecule has 0 aromatic heterocycles. The maximum atomic E-state index is 6.24. The minimum atomic E-state index is 0.730. The van der Waals surface area contributed by atoms with Gasteiger partial charge in [-0.3, -0.25) is 0 Å². The third kappa shape index (κ3) is 3.50. The Labute approximate surface area is 114 Å². The van der Waals surface area contributed by atoms with Crippen LogP contribution in [0, 0.1) is 0 Å². The summed E-state index contributed by atoms with van der Waals surface area (Å²) in [6.45, 7) is 3.11. The van der Waals surface area contributed by atoms with Gasteiger partial charge in [0.2, 0.25) is 0 Å². The number of nitrogens with one attached hydrogen (secondary N) is 1. The molecule has 0 heterocycles. The molecule has 2 nitrogen and oxygen atoms in total. The summed E-state index contributed by atoms with van der Waals surface area (Å²) in [5.74, 6) is 0.833. The fourth-order valence-corrected chi connectivity index (χ4v) is 2.10. The van der Waals surface area contributed by atoms with Gasteiger partial charge in [0.05, 0.1) is 12.1 Å². The van der Waals surface area contributed by atoms with Crippen LogP contribution in [0.2, 0.25) is 5.02 Å². The second-order valence-corrected chi connectivity index (χ2v) is 5.07. The number of ether oxygens (including phenoxy) is 1. The standard InChI is InChI=1S/C15H20ClNO/c1-3-11(10-17-12-7-8-12)9-13-14(16)5-4-6-15(13)18-2/h4-6,9,12,17H,3,7-8,10H2,1-2H3/b11-9-. The first-order chi connectivity index (χ1) is 8.74. The first-order valence-corrected chi connectivity index (χ1v) is 6.87. The molecule has 1 aromatic rings. The fraction of sp³-hybridized carbons (Fsp3) is 0.467. The van der Waals surface area contributed by atoms with E-state index in [1.54, 1.807) is 7.11 Å². The Hall–Kier alpha value is -0.990. The van der Waals surface area contributed by atoms with Gasteiger partial charge >= 0.3 is 0 Å². The van der Waals surface area contributed by atoms with E-state index in [1.807, 2.05) is 18.2 Å². The van der Waals surface area contributed by atoms with Crippen molar-refractivity contribution in [3.63, 3.8) is 0 Å². The molecular formula is C15H20ClNO. The summed E-state index contributed by atoms with van der Waals surface area (Å²) >= 11 is 6.24. The van der Waals surface area contributed by atoms with Crippen molar-refractivity contribution in [3.05, 3.63) is 34.4 Å². The third-order valence-electron chi connectivity index (χ3n) is 3.23. The van der Waals surface area contributed by atoms with Gasteiger partial charge in [-0.15, -0.1) is 0 Å². The van der Waals surface area contributed by atoms with E-state index in [9.17, 15) is 0 Å². The number of rotatable bonds is 6. The Balaban J connectivity index is 2.16. The van der Waals surface area contributed by atoms with Crippen LogP contribution in [0.15, 0.2) is 23.8 Å². The van der Waals surface area contributed by atoms with Crippen molar-refractivity contribution in [2.24, 2.45) is 0 Å². The molecule has 18 heavy (non-hydrogen) atoms. The highest BCUT2D eigenvalue weighted by molar-refractivity contribution is 6.32. The summed E-state index contributed by atoms with van der Waals surface area (Å²) in [5, 5.41) is 4.27. The number of hydrogen-bond acceptors (Lipinski definition) is 2. The van der Waals surface area contributed by atoms with E-state index in [1.165, 1.54) is 18.4 Å². The van der Waals surface area contributed by atoms with Crippen LogP contribution in [0.25, 0.3) is 6.08 Å². The van der Waals surface area contributed by atoms with Gasteiger partial charge < -0.3 is 10.1 Å². The molecule has 0 aliphatic heterocycles. The Morgan fingerprint density at radius 2 is 2.28 bits per heavy atom. The third-order valence-corrected chi connectivity index (χ3v) is 3.56. The van der Waals surface area contributed by atoms with E-state index < -0.39 is 0 Å². The molecule has 0 saturated heterocycles. The van der Waals surface area contributed by atoms with E-state index >= 15 is 0 Å². The lowest BCUT2D eigenvalue weighted by atomic mass is 10.1. The van der Waals surface area contributed by atoms with Gasteiger partial charge in [0.25, 0.3) is 0 Å². The summed E-state index contributed by atoms with van der Waals surface area (Å²) in [5.41, 5.74) is 2.34. The predicted molar refractivity (Wildman–Crippen MR) is 77.3 cm³/mol. The average molecular weight is 266 g/mol. The molecule has 1 aliphatic rings. The van der Waals surface area contributed by atoms with Crippen molar-refractivity contribution < 1.29 is 4.74 Å². The zero-order valence-electron chi connectivity index (χ0n) is 11.0. The number of benzene rings is 1. The SMILES string of the molecule is CC/C(=C/c1c(Cl)cccc1OC)CNC1CC1. The van der Waals surface area contributed by atoms with Crippen LogP contribution >= 0.6 is 11.6 Å². The van der Waals surface area contributed by atoms with Crippen molar-refractivity contribution in [1.29, 1.82) is 0 Å². The van der Waals surface area contributed by atoms with Gasteiger partial charge in [-0.05, 0) is 37.5 Å². The lowest BCUT2D eigenvalue weighted by molar-refractivity contribution is 0.414. The van der Waals surface area contributed by atoms with Crippen molar-refractivity contribution in [1.82, 2.24) is 5.32 Å². The lowest BCUT2D eigenvalue weighted by Gasteiger charge is -2.10. The number of methoxy groups -OCH3 is 1. The summed E-state index contributed by atoms with van der Waals surface area (Å²) in [4.78, 5) is 0. The second kappa shape index (κ2) is 6.26. The molecule has 3 heteroatoms. The molecule has 1 aromatic carbocycles. The van der Waals surface area contributed by atoms with E-state index in [4.69, 9.17) is 16.3 Å². The molecule has 0 amide bonds. The topological polar surface area (TPSA) is 21.3 Å². The minimum Gasteiger partial charge on any atom is -0.496 e. The molecule has 0 unspecified atom stereocenters. The highest BCUT2D eigenvalue weighted by Gasteiger charge is 2.20. The monoisotopic (exact) mass is 265 g/mol. The van der Waals surface area contributed by atoms with Gasteiger partial charge in [-0.1, -0.05) is 30.2 Å². The molecule has 0 radical (unpaired) electrons. The van der Waals surface area contributed by atoms with Crippen molar-refractivity contribution >= 4 is 17.7 Å². The van der Waals surface area contributed by atoms with Crippen molar-refractivity contribution in [3.8, 4) is 5.75 Å².